The van der Waals surface area contributed by atoms with Crippen LogP contribution in [0.2, 0.25) is 5.02 Å². The summed E-state index contributed by atoms with van der Waals surface area (Å²) in [6.07, 6.45) is 0.880. The monoisotopic (exact) mass is 456 g/mol. The van der Waals surface area contributed by atoms with Gasteiger partial charge < -0.3 is 19.0 Å². The predicted octanol–water partition coefficient (Wildman–Crippen LogP) is 4.14. The lowest BCUT2D eigenvalue weighted by Crippen LogP contribution is -2.39. The van der Waals surface area contributed by atoms with Gasteiger partial charge in [0, 0.05) is 30.2 Å². The SMILES string of the molecule is O=C1CN(C(=O)c2ccco2)CC(OCc2ccccc2F)CN1Cc1ccccc1Cl. The number of rotatable bonds is 6. The molecule has 0 bridgehead atoms. The number of carbonyl (C=O) groups excluding carboxylic acids is 2. The van der Waals surface area contributed by atoms with Crippen molar-refractivity contribution in [3.63, 3.8) is 0 Å². The molecule has 1 aliphatic rings. The molecular formula is C24H22ClFN2O4. The molecule has 32 heavy (non-hydrogen) atoms. The molecule has 0 N–H and O–H groups in total. The first-order valence-electron chi connectivity index (χ1n) is 10.2. The van der Waals surface area contributed by atoms with Crippen molar-refractivity contribution < 1.29 is 23.1 Å². The summed E-state index contributed by atoms with van der Waals surface area (Å²) in [5.74, 6) is -0.858. The number of hydrogen-bond donors (Lipinski definition) is 0. The summed E-state index contributed by atoms with van der Waals surface area (Å²) >= 11 is 6.29. The smallest absolute Gasteiger partial charge is 0.290 e. The molecular weight excluding hydrogens is 435 g/mol. The average Bonchev–Trinajstić information content (AvgIpc) is 3.28. The highest BCUT2D eigenvalue weighted by molar-refractivity contribution is 6.31. The Bertz CT molecular complexity index is 1090. The molecule has 1 unspecified atom stereocenters. The topological polar surface area (TPSA) is 63.0 Å². The van der Waals surface area contributed by atoms with Crippen LogP contribution in [-0.2, 0) is 22.7 Å². The third kappa shape index (κ3) is 5.18. The first kappa shape index (κ1) is 22.0. The van der Waals surface area contributed by atoms with Crippen molar-refractivity contribution in [2.45, 2.75) is 19.3 Å². The summed E-state index contributed by atoms with van der Waals surface area (Å²) in [5.41, 5.74) is 1.20. The molecule has 2 aromatic carbocycles. The van der Waals surface area contributed by atoms with Crippen LogP contribution in [0, 0.1) is 5.82 Å². The molecule has 6 nitrogen and oxygen atoms in total. The van der Waals surface area contributed by atoms with Gasteiger partial charge in [0.15, 0.2) is 5.76 Å². The highest BCUT2D eigenvalue weighted by Gasteiger charge is 2.32. The Balaban J connectivity index is 1.55. The standard InChI is InChI=1S/C24H22ClFN2O4/c25-20-8-3-1-6-17(20)12-27-13-19(32-16-18-7-2-4-9-21(18)26)14-28(15-23(27)29)24(30)22-10-5-11-31-22/h1-11,19H,12-16H2. The van der Waals surface area contributed by atoms with Gasteiger partial charge in [-0.3, -0.25) is 9.59 Å². The van der Waals surface area contributed by atoms with E-state index in [9.17, 15) is 14.0 Å². The molecule has 2 heterocycles. The lowest BCUT2D eigenvalue weighted by molar-refractivity contribution is -0.132. The molecule has 0 saturated carbocycles. The Morgan fingerprint density at radius 1 is 1.06 bits per heavy atom. The summed E-state index contributed by atoms with van der Waals surface area (Å²) in [4.78, 5) is 28.9. The minimum atomic E-state index is -0.526. The van der Waals surface area contributed by atoms with Crippen molar-refractivity contribution in [1.29, 1.82) is 0 Å². The van der Waals surface area contributed by atoms with Crippen molar-refractivity contribution in [2.75, 3.05) is 19.6 Å². The van der Waals surface area contributed by atoms with E-state index in [-0.39, 0.29) is 50.3 Å². The van der Waals surface area contributed by atoms with Crippen LogP contribution in [0.25, 0.3) is 0 Å². The number of amides is 2. The fraction of sp³-hybridized carbons (Fsp3) is 0.250. The van der Waals surface area contributed by atoms with Gasteiger partial charge in [-0.1, -0.05) is 48.0 Å². The van der Waals surface area contributed by atoms with Crippen molar-refractivity contribution >= 4 is 23.4 Å². The Hall–Kier alpha value is -3.16. The molecule has 1 aromatic heterocycles. The number of hydrogen-bond acceptors (Lipinski definition) is 4. The Kier molecular flexibility index (Phi) is 6.87. The molecule has 8 heteroatoms. The molecule has 0 spiro atoms. The Morgan fingerprint density at radius 2 is 1.81 bits per heavy atom. The van der Waals surface area contributed by atoms with Crippen molar-refractivity contribution in [3.8, 4) is 0 Å². The average molecular weight is 457 g/mol. The number of halogens is 2. The molecule has 166 valence electrons. The molecule has 1 atom stereocenters. The van der Waals surface area contributed by atoms with E-state index < -0.39 is 12.0 Å². The maximum atomic E-state index is 14.0. The Labute approximate surface area is 190 Å². The van der Waals surface area contributed by atoms with Crippen molar-refractivity contribution in [1.82, 2.24) is 9.80 Å². The van der Waals surface area contributed by atoms with E-state index in [4.69, 9.17) is 20.8 Å². The van der Waals surface area contributed by atoms with Gasteiger partial charge in [-0.25, -0.2) is 4.39 Å². The van der Waals surface area contributed by atoms with Gasteiger partial charge in [-0.05, 0) is 29.8 Å². The van der Waals surface area contributed by atoms with Crippen LogP contribution in [0.3, 0.4) is 0 Å². The van der Waals surface area contributed by atoms with Gasteiger partial charge >= 0.3 is 0 Å². The molecule has 0 aliphatic carbocycles. The maximum absolute atomic E-state index is 14.0. The van der Waals surface area contributed by atoms with E-state index in [1.54, 1.807) is 41.3 Å². The van der Waals surface area contributed by atoms with Crippen LogP contribution >= 0.6 is 11.6 Å². The maximum Gasteiger partial charge on any atom is 0.290 e. The molecule has 2 amide bonds. The van der Waals surface area contributed by atoms with Crippen LogP contribution in [0.1, 0.15) is 21.7 Å². The van der Waals surface area contributed by atoms with Gasteiger partial charge in [-0.2, -0.15) is 0 Å². The molecule has 1 fully saturated rings. The van der Waals surface area contributed by atoms with Crippen molar-refractivity contribution in [3.05, 3.63) is 94.7 Å². The molecule has 3 aromatic rings. The highest BCUT2D eigenvalue weighted by atomic mass is 35.5. The van der Waals surface area contributed by atoms with Crippen LogP contribution in [-0.4, -0.2) is 47.4 Å². The number of ether oxygens (including phenoxy) is 1. The van der Waals surface area contributed by atoms with E-state index in [1.807, 2.05) is 18.2 Å². The first-order chi connectivity index (χ1) is 15.5. The van der Waals surface area contributed by atoms with Gasteiger partial charge in [0.2, 0.25) is 5.91 Å². The minimum absolute atomic E-state index is 0.0221. The summed E-state index contributed by atoms with van der Waals surface area (Å²) < 4.78 is 25.3. The third-order valence-corrected chi connectivity index (χ3v) is 5.67. The second-order valence-corrected chi connectivity index (χ2v) is 7.96. The number of nitrogens with zero attached hydrogens (tertiary/aromatic N) is 2. The zero-order valence-corrected chi connectivity index (χ0v) is 18.0. The fourth-order valence-electron chi connectivity index (χ4n) is 3.60. The summed E-state index contributed by atoms with van der Waals surface area (Å²) in [7, 11) is 0. The fourth-order valence-corrected chi connectivity index (χ4v) is 3.80. The first-order valence-corrected chi connectivity index (χ1v) is 10.6. The lowest BCUT2D eigenvalue weighted by atomic mass is 10.2. The number of carbonyl (C=O) groups is 2. The van der Waals surface area contributed by atoms with E-state index in [0.29, 0.717) is 10.6 Å². The quantitative estimate of drug-likeness (QED) is 0.559. The predicted molar refractivity (Wildman–Crippen MR) is 116 cm³/mol. The van der Waals surface area contributed by atoms with Gasteiger partial charge in [-0.15, -0.1) is 0 Å². The molecule has 1 aliphatic heterocycles. The van der Waals surface area contributed by atoms with Crippen LogP contribution in [0.15, 0.2) is 71.3 Å². The van der Waals surface area contributed by atoms with E-state index in [2.05, 4.69) is 0 Å². The lowest BCUT2D eigenvalue weighted by Gasteiger charge is -2.25. The molecule has 4 rings (SSSR count). The van der Waals surface area contributed by atoms with Crippen LogP contribution in [0.4, 0.5) is 4.39 Å². The van der Waals surface area contributed by atoms with E-state index in [0.717, 1.165) is 5.56 Å². The Morgan fingerprint density at radius 3 is 2.53 bits per heavy atom. The van der Waals surface area contributed by atoms with Crippen LogP contribution in [0.5, 0.6) is 0 Å². The third-order valence-electron chi connectivity index (χ3n) is 5.30. The van der Waals surface area contributed by atoms with E-state index in [1.165, 1.54) is 17.2 Å². The number of benzene rings is 2. The zero-order valence-electron chi connectivity index (χ0n) is 17.2. The zero-order chi connectivity index (χ0) is 22.5. The van der Waals surface area contributed by atoms with Gasteiger partial charge in [0.1, 0.15) is 12.4 Å². The number of furan rings is 1. The second-order valence-electron chi connectivity index (χ2n) is 7.55. The van der Waals surface area contributed by atoms with Crippen molar-refractivity contribution in [2.24, 2.45) is 0 Å². The largest absolute Gasteiger partial charge is 0.459 e. The second kappa shape index (κ2) is 9.97. The van der Waals surface area contributed by atoms with E-state index >= 15 is 0 Å². The summed E-state index contributed by atoms with van der Waals surface area (Å²) in [6.45, 7) is 0.581. The molecule has 0 radical (unpaired) electrons. The van der Waals surface area contributed by atoms with Crippen LogP contribution < -0.4 is 0 Å². The van der Waals surface area contributed by atoms with Gasteiger partial charge in [0.05, 0.1) is 19.0 Å². The van der Waals surface area contributed by atoms with Gasteiger partial charge in [0.25, 0.3) is 5.91 Å². The molecule has 1 saturated heterocycles. The highest BCUT2D eigenvalue weighted by Crippen LogP contribution is 2.21. The minimum Gasteiger partial charge on any atom is -0.459 e. The summed E-state index contributed by atoms with van der Waals surface area (Å²) in [5, 5.41) is 0.553. The normalized spacial score (nSPS) is 16.8. The summed E-state index contributed by atoms with van der Waals surface area (Å²) in [6, 6.07) is 16.8.